The maximum Gasteiger partial charge on any atom is 0.0546 e. The summed E-state index contributed by atoms with van der Waals surface area (Å²) in [5, 5.41) is 3.54. The molecular formula is C16H26BrNO. The molecule has 0 aliphatic carbocycles. The maximum atomic E-state index is 5.41. The molecule has 1 rings (SSSR count). The van der Waals surface area contributed by atoms with Crippen LogP contribution in [0.2, 0.25) is 0 Å². The van der Waals surface area contributed by atoms with Crippen LogP contribution in [0.15, 0.2) is 28.7 Å². The Hall–Kier alpha value is -0.380. The van der Waals surface area contributed by atoms with Gasteiger partial charge in [-0.05, 0) is 49.9 Å². The molecule has 0 heterocycles. The fourth-order valence-corrected chi connectivity index (χ4v) is 2.43. The van der Waals surface area contributed by atoms with Gasteiger partial charge in [-0.3, -0.25) is 0 Å². The molecule has 0 aliphatic rings. The third-order valence-electron chi connectivity index (χ3n) is 3.32. The van der Waals surface area contributed by atoms with Crippen molar-refractivity contribution < 1.29 is 4.74 Å². The van der Waals surface area contributed by atoms with Crippen molar-refractivity contribution in [3.8, 4) is 0 Å². The summed E-state index contributed by atoms with van der Waals surface area (Å²) < 4.78 is 6.55. The third kappa shape index (κ3) is 7.09. The zero-order chi connectivity index (χ0) is 14.3. The van der Waals surface area contributed by atoms with Gasteiger partial charge in [0, 0.05) is 17.6 Å². The number of rotatable bonds is 8. The minimum absolute atomic E-state index is 0.314. The average Bonchev–Trinajstić information content (AvgIpc) is 2.38. The summed E-state index contributed by atoms with van der Waals surface area (Å²) in [6, 6.07) is 9.16. The van der Waals surface area contributed by atoms with Crippen molar-refractivity contribution in [1.29, 1.82) is 0 Å². The second-order valence-corrected chi connectivity index (χ2v) is 6.46. The first-order valence-corrected chi connectivity index (χ1v) is 7.81. The zero-order valence-corrected chi connectivity index (χ0v) is 14.0. The van der Waals surface area contributed by atoms with E-state index in [1.165, 1.54) is 5.56 Å². The lowest BCUT2D eigenvalue weighted by Crippen LogP contribution is -2.31. The fraction of sp³-hybridized carbons (Fsp3) is 0.625. The molecule has 19 heavy (non-hydrogen) atoms. The summed E-state index contributed by atoms with van der Waals surface area (Å²) in [4.78, 5) is 0. The molecule has 0 spiro atoms. The molecule has 1 N–H and O–H groups in total. The fourth-order valence-electron chi connectivity index (χ4n) is 2.16. The first-order chi connectivity index (χ1) is 9.01. The van der Waals surface area contributed by atoms with Crippen molar-refractivity contribution in [2.45, 2.75) is 45.8 Å². The Morgan fingerprint density at radius 1 is 1.16 bits per heavy atom. The van der Waals surface area contributed by atoms with E-state index in [0.717, 1.165) is 23.9 Å². The van der Waals surface area contributed by atoms with Crippen molar-refractivity contribution >= 4 is 15.9 Å². The van der Waals surface area contributed by atoms with E-state index in [1.807, 2.05) is 0 Å². The van der Waals surface area contributed by atoms with Gasteiger partial charge in [-0.25, -0.2) is 0 Å². The van der Waals surface area contributed by atoms with Crippen molar-refractivity contribution in [2.24, 2.45) is 5.92 Å². The SMILES string of the molecule is COC(C)CC(CNC(C)C)Cc1ccc(Br)cc1. The van der Waals surface area contributed by atoms with E-state index in [4.69, 9.17) is 4.74 Å². The molecule has 0 saturated carbocycles. The van der Waals surface area contributed by atoms with Crippen LogP contribution in [0, 0.1) is 5.92 Å². The molecular weight excluding hydrogens is 302 g/mol. The molecule has 0 amide bonds. The van der Waals surface area contributed by atoms with E-state index in [2.05, 4.69) is 66.3 Å². The molecule has 1 aromatic carbocycles. The van der Waals surface area contributed by atoms with Crippen LogP contribution in [-0.4, -0.2) is 25.8 Å². The highest BCUT2D eigenvalue weighted by Gasteiger charge is 2.14. The Kier molecular flexibility index (Phi) is 7.66. The number of methoxy groups -OCH3 is 1. The van der Waals surface area contributed by atoms with Crippen LogP contribution < -0.4 is 5.32 Å². The van der Waals surface area contributed by atoms with Crippen LogP contribution in [0.1, 0.15) is 32.8 Å². The predicted octanol–water partition coefficient (Wildman–Crippen LogP) is 4.03. The van der Waals surface area contributed by atoms with Crippen LogP contribution >= 0.6 is 15.9 Å². The number of halogens is 1. The van der Waals surface area contributed by atoms with Gasteiger partial charge in [0.05, 0.1) is 6.10 Å². The lowest BCUT2D eigenvalue weighted by Gasteiger charge is -2.22. The molecule has 2 atom stereocenters. The second kappa shape index (κ2) is 8.72. The van der Waals surface area contributed by atoms with Crippen molar-refractivity contribution in [2.75, 3.05) is 13.7 Å². The zero-order valence-electron chi connectivity index (χ0n) is 12.4. The summed E-state index contributed by atoms with van der Waals surface area (Å²) in [7, 11) is 1.79. The molecule has 0 bridgehead atoms. The standard InChI is InChI=1S/C16H26BrNO/c1-12(2)18-11-15(9-13(3)19-4)10-14-5-7-16(17)8-6-14/h5-8,12-13,15,18H,9-11H2,1-4H3. The summed E-state index contributed by atoms with van der Waals surface area (Å²) in [5.74, 6) is 0.610. The van der Waals surface area contributed by atoms with Gasteiger partial charge in [0.15, 0.2) is 0 Å². The van der Waals surface area contributed by atoms with Crippen LogP contribution in [0.25, 0.3) is 0 Å². The van der Waals surface area contributed by atoms with Gasteiger partial charge in [-0.1, -0.05) is 41.9 Å². The molecule has 1 aromatic rings. The molecule has 0 fully saturated rings. The van der Waals surface area contributed by atoms with Gasteiger partial charge < -0.3 is 10.1 Å². The highest BCUT2D eigenvalue weighted by molar-refractivity contribution is 9.10. The highest BCUT2D eigenvalue weighted by Crippen LogP contribution is 2.17. The smallest absolute Gasteiger partial charge is 0.0546 e. The predicted molar refractivity (Wildman–Crippen MR) is 85.6 cm³/mol. The van der Waals surface area contributed by atoms with Crippen LogP contribution in [0.3, 0.4) is 0 Å². The third-order valence-corrected chi connectivity index (χ3v) is 3.85. The van der Waals surface area contributed by atoms with Gasteiger partial charge >= 0.3 is 0 Å². The Morgan fingerprint density at radius 3 is 2.32 bits per heavy atom. The average molecular weight is 328 g/mol. The van der Waals surface area contributed by atoms with Gasteiger partial charge in [-0.15, -0.1) is 0 Å². The molecule has 0 saturated heterocycles. The molecule has 3 heteroatoms. The van der Waals surface area contributed by atoms with E-state index < -0.39 is 0 Å². The highest BCUT2D eigenvalue weighted by atomic mass is 79.9. The van der Waals surface area contributed by atoms with E-state index in [-0.39, 0.29) is 0 Å². The van der Waals surface area contributed by atoms with Gasteiger partial charge in [-0.2, -0.15) is 0 Å². The lowest BCUT2D eigenvalue weighted by molar-refractivity contribution is 0.0942. The van der Waals surface area contributed by atoms with Crippen LogP contribution in [0.4, 0.5) is 0 Å². The molecule has 2 unspecified atom stereocenters. The molecule has 2 nitrogen and oxygen atoms in total. The van der Waals surface area contributed by atoms with Gasteiger partial charge in [0.1, 0.15) is 0 Å². The first kappa shape index (κ1) is 16.7. The summed E-state index contributed by atoms with van der Waals surface area (Å²) in [6.45, 7) is 7.57. The molecule has 0 aliphatic heterocycles. The minimum atomic E-state index is 0.314. The van der Waals surface area contributed by atoms with Crippen molar-refractivity contribution in [1.82, 2.24) is 5.32 Å². The molecule has 0 radical (unpaired) electrons. The summed E-state index contributed by atoms with van der Waals surface area (Å²) in [5.41, 5.74) is 1.39. The Bertz CT molecular complexity index is 350. The molecule has 108 valence electrons. The quantitative estimate of drug-likeness (QED) is 0.778. The monoisotopic (exact) mass is 327 g/mol. The molecule has 0 aromatic heterocycles. The largest absolute Gasteiger partial charge is 0.382 e. The number of benzene rings is 1. The number of nitrogens with one attached hydrogen (secondary N) is 1. The minimum Gasteiger partial charge on any atom is -0.382 e. The van der Waals surface area contributed by atoms with E-state index in [0.29, 0.717) is 18.1 Å². The first-order valence-electron chi connectivity index (χ1n) is 7.02. The lowest BCUT2D eigenvalue weighted by atomic mass is 9.93. The second-order valence-electron chi connectivity index (χ2n) is 5.54. The Morgan fingerprint density at radius 2 is 1.79 bits per heavy atom. The number of hydrogen-bond acceptors (Lipinski definition) is 2. The number of hydrogen-bond donors (Lipinski definition) is 1. The van der Waals surface area contributed by atoms with Crippen molar-refractivity contribution in [3.63, 3.8) is 0 Å². The summed E-state index contributed by atoms with van der Waals surface area (Å²) >= 11 is 3.48. The van der Waals surface area contributed by atoms with E-state index >= 15 is 0 Å². The summed E-state index contributed by atoms with van der Waals surface area (Å²) in [6.07, 6.45) is 2.50. The van der Waals surface area contributed by atoms with E-state index in [9.17, 15) is 0 Å². The van der Waals surface area contributed by atoms with E-state index in [1.54, 1.807) is 7.11 Å². The Labute approximate surface area is 126 Å². The van der Waals surface area contributed by atoms with Crippen LogP contribution in [0.5, 0.6) is 0 Å². The van der Waals surface area contributed by atoms with Crippen molar-refractivity contribution in [3.05, 3.63) is 34.3 Å². The van der Waals surface area contributed by atoms with Gasteiger partial charge in [0.2, 0.25) is 0 Å². The number of ether oxygens (including phenoxy) is 1. The van der Waals surface area contributed by atoms with Crippen LogP contribution in [-0.2, 0) is 11.2 Å². The maximum absolute atomic E-state index is 5.41. The normalized spacial score (nSPS) is 14.6. The topological polar surface area (TPSA) is 21.3 Å². The van der Waals surface area contributed by atoms with Gasteiger partial charge in [0.25, 0.3) is 0 Å². The Balaban J connectivity index is 2.58.